The fourth-order valence-corrected chi connectivity index (χ4v) is 1.63. The third kappa shape index (κ3) is 2.21. The van der Waals surface area contributed by atoms with Crippen LogP contribution >= 0.6 is 0 Å². The van der Waals surface area contributed by atoms with Crippen molar-refractivity contribution in [2.75, 3.05) is 23.7 Å². The van der Waals surface area contributed by atoms with Crippen molar-refractivity contribution in [3.8, 4) is 0 Å². The number of carboxylic acid groups (broad SMARTS) is 1. The van der Waals surface area contributed by atoms with Crippen molar-refractivity contribution in [1.82, 2.24) is 0 Å². The van der Waals surface area contributed by atoms with Crippen LogP contribution < -0.4 is 10.6 Å². The number of nitrogen functional groups attached to an aromatic ring is 1. The number of carbonyl (C=O) groups is 1. The second-order valence-corrected chi connectivity index (χ2v) is 3.22. The predicted octanol–water partition coefficient (Wildman–Crippen LogP) is 1.81. The molecule has 0 aliphatic heterocycles. The molecule has 15 heavy (non-hydrogen) atoms. The summed E-state index contributed by atoms with van der Waals surface area (Å²) in [4.78, 5) is 13.0. The minimum atomic E-state index is -0.941. The first kappa shape index (κ1) is 11.4. The SMILES string of the molecule is CCN(CC)c1c(N)cccc1C(=O)O. The van der Waals surface area contributed by atoms with Crippen LogP contribution in [-0.4, -0.2) is 24.2 Å². The van der Waals surface area contributed by atoms with Gasteiger partial charge in [-0.15, -0.1) is 0 Å². The Balaban J connectivity index is 3.29. The monoisotopic (exact) mass is 208 g/mol. The van der Waals surface area contributed by atoms with Crippen LogP contribution in [0.3, 0.4) is 0 Å². The molecule has 1 aromatic rings. The van der Waals surface area contributed by atoms with Gasteiger partial charge in [0.1, 0.15) is 0 Å². The quantitative estimate of drug-likeness (QED) is 0.740. The van der Waals surface area contributed by atoms with Crippen LogP contribution in [0.15, 0.2) is 18.2 Å². The third-order valence-electron chi connectivity index (χ3n) is 2.38. The predicted molar refractivity (Wildman–Crippen MR) is 61.4 cm³/mol. The van der Waals surface area contributed by atoms with Crippen LogP contribution in [0.4, 0.5) is 11.4 Å². The van der Waals surface area contributed by atoms with Crippen molar-refractivity contribution < 1.29 is 9.90 Å². The zero-order valence-corrected chi connectivity index (χ0v) is 9.03. The van der Waals surface area contributed by atoms with E-state index in [-0.39, 0.29) is 5.56 Å². The molecule has 0 aliphatic carbocycles. The van der Waals surface area contributed by atoms with E-state index in [9.17, 15) is 4.79 Å². The molecule has 1 rings (SSSR count). The number of carboxylic acids is 1. The van der Waals surface area contributed by atoms with E-state index >= 15 is 0 Å². The number of anilines is 2. The summed E-state index contributed by atoms with van der Waals surface area (Å²) < 4.78 is 0. The normalized spacial score (nSPS) is 10.0. The molecule has 1 aromatic carbocycles. The molecule has 4 heteroatoms. The van der Waals surface area contributed by atoms with Gasteiger partial charge in [0.25, 0.3) is 0 Å². The first-order chi connectivity index (χ1) is 7.11. The number of nitrogens with zero attached hydrogens (tertiary/aromatic N) is 1. The van der Waals surface area contributed by atoms with Crippen LogP contribution in [0.5, 0.6) is 0 Å². The van der Waals surface area contributed by atoms with Crippen molar-refractivity contribution in [3.05, 3.63) is 23.8 Å². The highest BCUT2D eigenvalue weighted by Gasteiger charge is 2.16. The molecule has 0 amide bonds. The minimum Gasteiger partial charge on any atom is -0.478 e. The van der Waals surface area contributed by atoms with Gasteiger partial charge < -0.3 is 15.7 Å². The molecule has 0 bridgehead atoms. The summed E-state index contributed by atoms with van der Waals surface area (Å²) in [5.74, 6) is -0.941. The van der Waals surface area contributed by atoms with Crippen molar-refractivity contribution >= 4 is 17.3 Å². The molecule has 0 spiro atoms. The average Bonchev–Trinajstić information content (AvgIpc) is 2.21. The lowest BCUT2D eigenvalue weighted by Crippen LogP contribution is -2.25. The van der Waals surface area contributed by atoms with Crippen LogP contribution in [0.25, 0.3) is 0 Å². The summed E-state index contributed by atoms with van der Waals surface area (Å²) in [5.41, 5.74) is 7.20. The Morgan fingerprint density at radius 2 is 2.00 bits per heavy atom. The topological polar surface area (TPSA) is 66.6 Å². The molecule has 0 atom stereocenters. The maximum absolute atomic E-state index is 11.0. The molecule has 0 saturated heterocycles. The molecule has 0 aromatic heterocycles. The number of benzene rings is 1. The molecule has 82 valence electrons. The van der Waals surface area contributed by atoms with Gasteiger partial charge >= 0.3 is 5.97 Å². The lowest BCUT2D eigenvalue weighted by Gasteiger charge is -2.24. The molecular formula is C11H16N2O2. The van der Waals surface area contributed by atoms with E-state index in [4.69, 9.17) is 10.8 Å². The second-order valence-electron chi connectivity index (χ2n) is 3.22. The zero-order chi connectivity index (χ0) is 11.4. The molecule has 0 heterocycles. The summed E-state index contributed by atoms with van der Waals surface area (Å²) >= 11 is 0. The number of aromatic carboxylic acids is 1. The van der Waals surface area contributed by atoms with Gasteiger partial charge in [-0.3, -0.25) is 0 Å². The Hall–Kier alpha value is -1.71. The van der Waals surface area contributed by atoms with Gasteiger partial charge in [0.05, 0.1) is 16.9 Å². The van der Waals surface area contributed by atoms with Crippen LogP contribution in [0.2, 0.25) is 0 Å². The Morgan fingerprint density at radius 3 is 2.47 bits per heavy atom. The van der Waals surface area contributed by atoms with Gasteiger partial charge in [-0.05, 0) is 26.0 Å². The molecule has 0 saturated carbocycles. The molecule has 0 fully saturated rings. The molecule has 0 radical (unpaired) electrons. The lowest BCUT2D eigenvalue weighted by atomic mass is 10.1. The van der Waals surface area contributed by atoms with Gasteiger partial charge in [0, 0.05) is 13.1 Å². The number of para-hydroxylation sites is 1. The van der Waals surface area contributed by atoms with Crippen LogP contribution in [0, 0.1) is 0 Å². The maximum Gasteiger partial charge on any atom is 0.337 e. The summed E-state index contributed by atoms with van der Waals surface area (Å²) in [7, 11) is 0. The Morgan fingerprint density at radius 1 is 1.40 bits per heavy atom. The van der Waals surface area contributed by atoms with E-state index in [0.29, 0.717) is 11.4 Å². The van der Waals surface area contributed by atoms with E-state index in [2.05, 4.69) is 0 Å². The zero-order valence-electron chi connectivity index (χ0n) is 9.03. The average molecular weight is 208 g/mol. The molecule has 0 unspecified atom stereocenters. The van der Waals surface area contributed by atoms with Crippen LogP contribution in [-0.2, 0) is 0 Å². The van der Waals surface area contributed by atoms with Crippen molar-refractivity contribution in [1.29, 1.82) is 0 Å². The molecule has 4 nitrogen and oxygen atoms in total. The number of hydrogen-bond acceptors (Lipinski definition) is 3. The highest BCUT2D eigenvalue weighted by molar-refractivity contribution is 5.97. The standard InChI is InChI=1S/C11H16N2O2/c1-3-13(4-2)10-8(11(14)15)6-5-7-9(10)12/h5-7H,3-4,12H2,1-2H3,(H,14,15). The molecular weight excluding hydrogens is 192 g/mol. The first-order valence-electron chi connectivity index (χ1n) is 4.98. The highest BCUT2D eigenvalue weighted by atomic mass is 16.4. The Labute approximate surface area is 89.3 Å². The number of hydrogen-bond donors (Lipinski definition) is 2. The molecule has 3 N–H and O–H groups in total. The summed E-state index contributed by atoms with van der Waals surface area (Å²) in [6, 6.07) is 4.96. The van der Waals surface area contributed by atoms with E-state index in [0.717, 1.165) is 13.1 Å². The van der Waals surface area contributed by atoms with E-state index in [1.807, 2.05) is 18.7 Å². The smallest absolute Gasteiger partial charge is 0.337 e. The maximum atomic E-state index is 11.0. The van der Waals surface area contributed by atoms with E-state index in [1.165, 1.54) is 0 Å². The van der Waals surface area contributed by atoms with Crippen LogP contribution in [0.1, 0.15) is 24.2 Å². The Bertz CT molecular complexity index is 360. The fraction of sp³-hybridized carbons (Fsp3) is 0.364. The Kier molecular flexibility index (Phi) is 3.55. The summed E-state index contributed by atoms with van der Waals surface area (Å²) in [6.07, 6.45) is 0. The van der Waals surface area contributed by atoms with E-state index < -0.39 is 5.97 Å². The van der Waals surface area contributed by atoms with Gasteiger partial charge in [-0.2, -0.15) is 0 Å². The largest absolute Gasteiger partial charge is 0.478 e. The van der Waals surface area contributed by atoms with Gasteiger partial charge in [-0.25, -0.2) is 4.79 Å². The van der Waals surface area contributed by atoms with Gasteiger partial charge in [0.2, 0.25) is 0 Å². The highest BCUT2D eigenvalue weighted by Crippen LogP contribution is 2.27. The van der Waals surface area contributed by atoms with Crippen molar-refractivity contribution in [2.24, 2.45) is 0 Å². The van der Waals surface area contributed by atoms with Gasteiger partial charge in [0.15, 0.2) is 0 Å². The number of rotatable bonds is 4. The second kappa shape index (κ2) is 4.68. The molecule has 0 aliphatic rings. The number of nitrogens with two attached hydrogens (primary N) is 1. The summed E-state index contributed by atoms with van der Waals surface area (Å²) in [5, 5.41) is 9.05. The van der Waals surface area contributed by atoms with E-state index in [1.54, 1.807) is 18.2 Å². The van der Waals surface area contributed by atoms with Crippen molar-refractivity contribution in [3.63, 3.8) is 0 Å². The minimum absolute atomic E-state index is 0.263. The van der Waals surface area contributed by atoms with Gasteiger partial charge in [-0.1, -0.05) is 6.07 Å². The lowest BCUT2D eigenvalue weighted by molar-refractivity contribution is 0.0697. The van der Waals surface area contributed by atoms with Crippen molar-refractivity contribution in [2.45, 2.75) is 13.8 Å². The fourth-order valence-electron chi connectivity index (χ4n) is 1.63. The first-order valence-corrected chi connectivity index (χ1v) is 4.98. The summed E-state index contributed by atoms with van der Waals surface area (Å²) in [6.45, 7) is 5.43. The third-order valence-corrected chi connectivity index (χ3v) is 2.38.